The van der Waals surface area contributed by atoms with Gasteiger partial charge in [0, 0.05) is 18.0 Å². The third-order valence-corrected chi connectivity index (χ3v) is 6.88. The lowest BCUT2D eigenvalue weighted by Gasteiger charge is -2.15. The quantitative estimate of drug-likeness (QED) is 0.503. The van der Waals surface area contributed by atoms with Gasteiger partial charge in [0.1, 0.15) is 4.83 Å². The van der Waals surface area contributed by atoms with Crippen LogP contribution in [-0.2, 0) is 11.8 Å². The summed E-state index contributed by atoms with van der Waals surface area (Å²) in [5.41, 5.74) is 3.37. The third kappa shape index (κ3) is 3.60. The fourth-order valence-electron chi connectivity index (χ4n) is 3.10. The van der Waals surface area contributed by atoms with Crippen LogP contribution in [-0.4, -0.2) is 31.0 Å². The number of fused-ring (bicyclic) bond motifs is 1. The van der Waals surface area contributed by atoms with Crippen molar-refractivity contribution in [2.24, 2.45) is 7.05 Å². The molecule has 9 heteroatoms. The fourth-order valence-corrected chi connectivity index (χ4v) is 5.10. The Kier molecular flexibility index (Phi) is 5.67. The Balaban J connectivity index is 1.88. The van der Waals surface area contributed by atoms with Crippen LogP contribution >= 0.6 is 23.1 Å². The second kappa shape index (κ2) is 7.71. The first kappa shape index (κ1) is 20.6. The number of carbonyl (C=O) groups excluding carboxylic acids is 1. The van der Waals surface area contributed by atoms with Crippen LogP contribution in [0.3, 0.4) is 0 Å². The first-order valence-corrected chi connectivity index (χ1v) is 10.9. The molecule has 0 aliphatic carbocycles. The SMILES string of the molecule is Cc1nn(C)c(C)c1NC(=O)CSc1nc2sc(C)c(C)c2c(=O)n1C(C)C. The number of hydrogen-bond donors (Lipinski definition) is 1. The van der Waals surface area contributed by atoms with Crippen LogP contribution < -0.4 is 10.9 Å². The van der Waals surface area contributed by atoms with Gasteiger partial charge >= 0.3 is 0 Å². The van der Waals surface area contributed by atoms with Gasteiger partial charge in [-0.25, -0.2) is 4.98 Å². The summed E-state index contributed by atoms with van der Waals surface area (Å²) in [7, 11) is 1.85. The molecule has 3 aromatic heterocycles. The highest BCUT2D eigenvalue weighted by Crippen LogP contribution is 2.29. The highest BCUT2D eigenvalue weighted by Gasteiger charge is 2.20. The van der Waals surface area contributed by atoms with Crippen molar-refractivity contribution in [1.29, 1.82) is 0 Å². The van der Waals surface area contributed by atoms with Crippen LogP contribution in [0.2, 0.25) is 0 Å². The van der Waals surface area contributed by atoms with E-state index < -0.39 is 0 Å². The molecule has 0 unspecified atom stereocenters. The van der Waals surface area contributed by atoms with Crippen LogP contribution in [0.15, 0.2) is 9.95 Å². The second-order valence-corrected chi connectivity index (χ2v) is 9.28. The second-order valence-electron chi connectivity index (χ2n) is 7.13. The summed E-state index contributed by atoms with van der Waals surface area (Å²) >= 11 is 2.81. The summed E-state index contributed by atoms with van der Waals surface area (Å²) in [5.74, 6) is 0.0225. The van der Waals surface area contributed by atoms with Gasteiger partial charge in [0.25, 0.3) is 5.56 Å². The van der Waals surface area contributed by atoms with E-state index in [1.807, 2.05) is 48.6 Å². The zero-order valence-electron chi connectivity index (χ0n) is 17.2. The standard InChI is InChI=1S/C19H25N5O2S2/c1-9(2)24-18(26)15-10(3)13(6)28-17(15)21-19(24)27-8-14(25)20-16-11(4)22-23(7)12(16)5/h9H,8H2,1-7H3,(H,20,25). The number of rotatable bonds is 5. The van der Waals surface area contributed by atoms with E-state index in [4.69, 9.17) is 4.98 Å². The highest BCUT2D eigenvalue weighted by molar-refractivity contribution is 7.99. The Morgan fingerprint density at radius 1 is 1.25 bits per heavy atom. The molecule has 28 heavy (non-hydrogen) atoms. The summed E-state index contributed by atoms with van der Waals surface area (Å²) in [5, 5.41) is 8.50. The topological polar surface area (TPSA) is 81.8 Å². The number of amides is 1. The van der Waals surface area contributed by atoms with E-state index in [1.165, 1.54) is 23.1 Å². The average Bonchev–Trinajstić information content (AvgIpc) is 3.02. The van der Waals surface area contributed by atoms with E-state index in [0.717, 1.165) is 32.3 Å². The molecule has 0 aliphatic rings. The summed E-state index contributed by atoms with van der Waals surface area (Å²) in [6.07, 6.45) is 0. The number of thioether (sulfide) groups is 1. The van der Waals surface area contributed by atoms with Gasteiger partial charge in [-0.1, -0.05) is 11.8 Å². The monoisotopic (exact) mass is 419 g/mol. The maximum absolute atomic E-state index is 13.1. The molecule has 0 saturated carbocycles. The van der Waals surface area contributed by atoms with Gasteiger partial charge in [-0.15, -0.1) is 11.3 Å². The van der Waals surface area contributed by atoms with Crippen LogP contribution in [0.4, 0.5) is 5.69 Å². The number of thiophene rings is 1. The van der Waals surface area contributed by atoms with E-state index in [1.54, 1.807) is 9.25 Å². The van der Waals surface area contributed by atoms with Gasteiger partial charge < -0.3 is 5.32 Å². The minimum Gasteiger partial charge on any atom is -0.322 e. The molecule has 0 radical (unpaired) electrons. The Morgan fingerprint density at radius 2 is 1.93 bits per heavy atom. The lowest BCUT2D eigenvalue weighted by Crippen LogP contribution is -2.25. The van der Waals surface area contributed by atoms with Crippen molar-refractivity contribution in [3.8, 4) is 0 Å². The van der Waals surface area contributed by atoms with Gasteiger partial charge in [0.2, 0.25) is 5.91 Å². The number of aromatic nitrogens is 4. The molecule has 0 bridgehead atoms. The van der Waals surface area contributed by atoms with Crippen molar-refractivity contribution in [2.45, 2.75) is 52.7 Å². The van der Waals surface area contributed by atoms with Crippen LogP contribution in [0.5, 0.6) is 0 Å². The van der Waals surface area contributed by atoms with E-state index >= 15 is 0 Å². The van der Waals surface area contributed by atoms with Crippen molar-refractivity contribution >= 4 is 44.9 Å². The van der Waals surface area contributed by atoms with Crippen LogP contribution in [0.1, 0.15) is 41.7 Å². The van der Waals surface area contributed by atoms with Crippen molar-refractivity contribution in [3.05, 3.63) is 32.2 Å². The van der Waals surface area contributed by atoms with Crippen molar-refractivity contribution < 1.29 is 4.79 Å². The minimum absolute atomic E-state index is 0.0382. The number of anilines is 1. The molecule has 3 aromatic rings. The molecule has 3 rings (SSSR count). The predicted octanol–water partition coefficient (Wildman–Crippen LogP) is 3.74. The number of nitrogens with zero attached hydrogens (tertiary/aromatic N) is 4. The van der Waals surface area contributed by atoms with Gasteiger partial charge in [-0.05, 0) is 47.1 Å². The molecule has 0 saturated heterocycles. The van der Waals surface area contributed by atoms with Gasteiger partial charge in [-0.3, -0.25) is 18.8 Å². The molecular weight excluding hydrogens is 394 g/mol. The molecule has 0 aromatic carbocycles. The Labute approximate surface area is 172 Å². The molecule has 7 nitrogen and oxygen atoms in total. The third-order valence-electron chi connectivity index (χ3n) is 4.82. The normalized spacial score (nSPS) is 11.6. The molecule has 1 amide bonds. The van der Waals surface area contributed by atoms with Gasteiger partial charge in [0.05, 0.1) is 28.2 Å². The van der Waals surface area contributed by atoms with E-state index in [2.05, 4.69) is 10.4 Å². The van der Waals surface area contributed by atoms with E-state index in [9.17, 15) is 9.59 Å². The van der Waals surface area contributed by atoms with Crippen molar-refractivity contribution in [1.82, 2.24) is 19.3 Å². The van der Waals surface area contributed by atoms with Crippen molar-refractivity contribution in [3.63, 3.8) is 0 Å². The summed E-state index contributed by atoms with van der Waals surface area (Å²) in [6.45, 7) is 11.6. The lowest BCUT2D eigenvalue weighted by atomic mass is 10.2. The Morgan fingerprint density at radius 3 is 2.50 bits per heavy atom. The van der Waals surface area contributed by atoms with Gasteiger partial charge in [0.15, 0.2) is 5.16 Å². The predicted molar refractivity (Wildman–Crippen MR) is 116 cm³/mol. The molecule has 0 spiro atoms. The Hall–Kier alpha value is -2.13. The summed E-state index contributed by atoms with van der Waals surface area (Å²) in [4.78, 5) is 32.1. The zero-order chi connectivity index (χ0) is 20.7. The zero-order valence-corrected chi connectivity index (χ0v) is 18.8. The van der Waals surface area contributed by atoms with Crippen LogP contribution in [0, 0.1) is 27.7 Å². The smallest absolute Gasteiger partial charge is 0.263 e. The van der Waals surface area contributed by atoms with Crippen molar-refractivity contribution in [2.75, 3.05) is 11.1 Å². The molecule has 0 aliphatic heterocycles. The summed E-state index contributed by atoms with van der Waals surface area (Å²) in [6, 6.07) is -0.0441. The number of nitrogens with one attached hydrogen (secondary N) is 1. The molecular formula is C19H25N5O2S2. The number of hydrogen-bond acceptors (Lipinski definition) is 6. The maximum atomic E-state index is 13.1. The Bertz CT molecular complexity index is 1120. The van der Waals surface area contributed by atoms with Gasteiger partial charge in [-0.2, -0.15) is 5.10 Å². The molecule has 150 valence electrons. The minimum atomic E-state index is -0.146. The maximum Gasteiger partial charge on any atom is 0.263 e. The fraction of sp³-hybridized carbons (Fsp3) is 0.474. The first-order chi connectivity index (χ1) is 13.1. The largest absolute Gasteiger partial charge is 0.322 e. The van der Waals surface area contributed by atoms with E-state index in [-0.39, 0.29) is 23.3 Å². The highest BCUT2D eigenvalue weighted by atomic mass is 32.2. The lowest BCUT2D eigenvalue weighted by molar-refractivity contribution is -0.113. The first-order valence-electron chi connectivity index (χ1n) is 9.06. The average molecular weight is 420 g/mol. The molecule has 0 atom stereocenters. The molecule has 0 fully saturated rings. The summed E-state index contributed by atoms with van der Waals surface area (Å²) < 4.78 is 3.42. The molecule has 3 heterocycles. The van der Waals surface area contributed by atoms with Crippen LogP contribution in [0.25, 0.3) is 10.2 Å². The number of aryl methyl sites for hydroxylation is 4. The van der Waals surface area contributed by atoms with E-state index in [0.29, 0.717) is 10.5 Å². The number of carbonyl (C=O) groups is 1. The molecule has 1 N–H and O–H groups in total.